The molecule has 1 heterocycles. The first kappa shape index (κ1) is 15.8. The number of amidine groups is 1. The van der Waals surface area contributed by atoms with Crippen molar-refractivity contribution in [3.05, 3.63) is 69.1 Å². The van der Waals surface area contributed by atoms with Crippen LogP contribution in [0.5, 0.6) is 0 Å². The summed E-state index contributed by atoms with van der Waals surface area (Å²) in [5.41, 5.74) is 3.89. The first-order valence-corrected chi connectivity index (χ1v) is 8.34. The van der Waals surface area contributed by atoms with E-state index in [0.29, 0.717) is 15.1 Å². The zero-order chi connectivity index (χ0) is 16.4. The van der Waals surface area contributed by atoms with Crippen LogP contribution in [0.1, 0.15) is 16.7 Å². The van der Waals surface area contributed by atoms with E-state index in [-0.39, 0.29) is 5.91 Å². The van der Waals surface area contributed by atoms with Gasteiger partial charge in [-0.2, -0.15) is 0 Å². The highest BCUT2D eigenvalue weighted by Gasteiger charge is 2.24. The maximum absolute atomic E-state index is 12.1. The molecular formula is C18H15ClN2OS. The number of hydrogen-bond acceptors (Lipinski definition) is 3. The van der Waals surface area contributed by atoms with E-state index in [2.05, 4.69) is 10.3 Å². The first-order chi connectivity index (χ1) is 11.0. The molecule has 116 valence electrons. The molecule has 0 aliphatic carbocycles. The molecule has 1 amide bonds. The number of aliphatic imine (C=N–C) groups is 1. The molecule has 0 aromatic heterocycles. The summed E-state index contributed by atoms with van der Waals surface area (Å²) in [6.07, 6.45) is 1.79. The van der Waals surface area contributed by atoms with Crippen LogP contribution in [0.3, 0.4) is 0 Å². The quantitative estimate of drug-likeness (QED) is 0.793. The molecule has 0 spiro atoms. The van der Waals surface area contributed by atoms with Crippen LogP contribution in [0, 0.1) is 13.8 Å². The number of benzene rings is 2. The van der Waals surface area contributed by atoms with Gasteiger partial charge in [-0.15, -0.1) is 0 Å². The highest BCUT2D eigenvalue weighted by molar-refractivity contribution is 8.18. The predicted molar refractivity (Wildman–Crippen MR) is 98.2 cm³/mol. The van der Waals surface area contributed by atoms with Gasteiger partial charge >= 0.3 is 0 Å². The van der Waals surface area contributed by atoms with E-state index >= 15 is 0 Å². The minimum atomic E-state index is -0.154. The van der Waals surface area contributed by atoms with Gasteiger partial charge in [-0.3, -0.25) is 4.79 Å². The van der Waals surface area contributed by atoms with Crippen molar-refractivity contribution in [3.63, 3.8) is 0 Å². The molecule has 0 radical (unpaired) electrons. The van der Waals surface area contributed by atoms with Gasteiger partial charge in [0.1, 0.15) is 0 Å². The summed E-state index contributed by atoms with van der Waals surface area (Å²) in [4.78, 5) is 17.3. The van der Waals surface area contributed by atoms with Crippen LogP contribution in [0.15, 0.2) is 52.4 Å². The summed E-state index contributed by atoms with van der Waals surface area (Å²) in [5.74, 6) is -0.154. The van der Waals surface area contributed by atoms with E-state index in [1.807, 2.05) is 50.2 Å². The predicted octanol–water partition coefficient (Wildman–Crippen LogP) is 4.85. The molecule has 0 bridgehead atoms. The fourth-order valence-corrected chi connectivity index (χ4v) is 3.18. The Balaban J connectivity index is 1.89. The third kappa shape index (κ3) is 3.66. The number of aryl methyl sites for hydroxylation is 2. The molecule has 1 aliphatic rings. The molecule has 1 aliphatic heterocycles. The van der Waals surface area contributed by atoms with Gasteiger partial charge in [0.15, 0.2) is 5.17 Å². The van der Waals surface area contributed by atoms with Gasteiger partial charge in [-0.05, 0) is 60.5 Å². The van der Waals surface area contributed by atoms with Crippen LogP contribution in [0.2, 0.25) is 5.02 Å². The standard InChI is InChI=1S/C18H15ClN2OS/c1-11-7-8-12(2)15(9-11)20-18-21-17(22)16(23-18)10-13-5-3-4-6-14(13)19/h3-10H,1-2H3,(H,20,21,22). The maximum atomic E-state index is 12.1. The van der Waals surface area contributed by atoms with Gasteiger partial charge in [-0.1, -0.05) is 41.9 Å². The summed E-state index contributed by atoms with van der Waals surface area (Å²) in [5, 5.41) is 4.01. The first-order valence-electron chi connectivity index (χ1n) is 7.14. The Morgan fingerprint density at radius 2 is 1.96 bits per heavy atom. The third-order valence-corrected chi connectivity index (χ3v) is 4.68. The number of nitrogens with one attached hydrogen (secondary N) is 1. The van der Waals surface area contributed by atoms with E-state index in [0.717, 1.165) is 22.4 Å². The molecule has 1 fully saturated rings. The molecule has 1 saturated heterocycles. The number of hydrogen-bond donors (Lipinski definition) is 1. The van der Waals surface area contributed by atoms with Crippen LogP contribution in [0.4, 0.5) is 5.69 Å². The van der Waals surface area contributed by atoms with E-state index in [9.17, 15) is 4.79 Å². The summed E-state index contributed by atoms with van der Waals surface area (Å²) < 4.78 is 0. The summed E-state index contributed by atoms with van der Waals surface area (Å²) >= 11 is 7.46. The Bertz CT molecular complexity index is 843. The van der Waals surface area contributed by atoms with Crippen molar-refractivity contribution in [1.82, 2.24) is 5.32 Å². The lowest BCUT2D eigenvalue weighted by Gasteiger charge is -2.02. The fourth-order valence-electron chi connectivity index (χ4n) is 2.16. The number of halogens is 1. The summed E-state index contributed by atoms with van der Waals surface area (Å²) in [6, 6.07) is 13.5. The van der Waals surface area contributed by atoms with Crippen molar-refractivity contribution in [2.24, 2.45) is 4.99 Å². The van der Waals surface area contributed by atoms with Gasteiger partial charge < -0.3 is 5.32 Å². The topological polar surface area (TPSA) is 41.5 Å². The average Bonchev–Trinajstić information content (AvgIpc) is 2.85. The molecule has 3 nitrogen and oxygen atoms in total. The van der Waals surface area contributed by atoms with Gasteiger partial charge in [-0.25, -0.2) is 4.99 Å². The monoisotopic (exact) mass is 342 g/mol. The SMILES string of the molecule is Cc1ccc(C)c(N=C2NC(=O)C(=Cc3ccccc3Cl)S2)c1. The van der Waals surface area contributed by atoms with Gasteiger partial charge in [0.05, 0.1) is 10.6 Å². The maximum Gasteiger partial charge on any atom is 0.264 e. The molecule has 5 heteroatoms. The highest BCUT2D eigenvalue weighted by atomic mass is 35.5. The number of amides is 1. The molecule has 0 saturated carbocycles. The number of rotatable bonds is 2. The van der Waals surface area contributed by atoms with Crippen molar-refractivity contribution in [2.45, 2.75) is 13.8 Å². The van der Waals surface area contributed by atoms with Crippen molar-refractivity contribution < 1.29 is 4.79 Å². The Morgan fingerprint density at radius 3 is 2.74 bits per heavy atom. The average molecular weight is 343 g/mol. The Morgan fingerprint density at radius 1 is 1.17 bits per heavy atom. The van der Waals surface area contributed by atoms with Crippen LogP contribution >= 0.6 is 23.4 Å². The summed E-state index contributed by atoms with van der Waals surface area (Å²) in [7, 11) is 0. The number of carbonyl (C=O) groups is 1. The minimum Gasteiger partial charge on any atom is -0.300 e. The fraction of sp³-hybridized carbons (Fsp3) is 0.111. The zero-order valence-corrected chi connectivity index (χ0v) is 14.3. The van der Waals surface area contributed by atoms with Crippen LogP contribution in [-0.4, -0.2) is 11.1 Å². The van der Waals surface area contributed by atoms with Crippen LogP contribution in [-0.2, 0) is 4.79 Å². The molecule has 0 atom stereocenters. The normalized spacial score (nSPS) is 17.8. The van der Waals surface area contributed by atoms with Crippen molar-refractivity contribution >= 4 is 46.2 Å². The number of thioether (sulfide) groups is 1. The van der Waals surface area contributed by atoms with Crippen LogP contribution < -0.4 is 5.32 Å². The Kier molecular flexibility index (Phi) is 4.55. The smallest absolute Gasteiger partial charge is 0.264 e. The molecule has 0 unspecified atom stereocenters. The molecule has 3 rings (SSSR count). The number of carbonyl (C=O) groups excluding carboxylic acids is 1. The van der Waals surface area contributed by atoms with Crippen molar-refractivity contribution in [1.29, 1.82) is 0 Å². The molecular weight excluding hydrogens is 328 g/mol. The second kappa shape index (κ2) is 6.60. The lowest BCUT2D eigenvalue weighted by atomic mass is 10.1. The Labute approximate surface area is 144 Å². The van der Waals surface area contributed by atoms with Crippen molar-refractivity contribution in [3.8, 4) is 0 Å². The summed E-state index contributed by atoms with van der Waals surface area (Å²) in [6.45, 7) is 4.02. The molecule has 2 aromatic rings. The second-order valence-electron chi connectivity index (χ2n) is 5.29. The van der Waals surface area contributed by atoms with Crippen LogP contribution in [0.25, 0.3) is 6.08 Å². The number of nitrogens with zero attached hydrogens (tertiary/aromatic N) is 1. The Hall–Kier alpha value is -2.04. The lowest BCUT2D eigenvalue weighted by Crippen LogP contribution is -2.19. The molecule has 1 N–H and O–H groups in total. The largest absolute Gasteiger partial charge is 0.300 e. The van der Waals surface area contributed by atoms with Gasteiger partial charge in [0, 0.05) is 5.02 Å². The molecule has 2 aromatic carbocycles. The van der Waals surface area contributed by atoms with Gasteiger partial charge in [0.2, 0.25) is 0 Å². The van der Waals surface area contributed by atoms with Crippen molar-refractivity contribution in [2.75, 3.05) is 0 Å². The third-order valence-electron chi connectivity index (χ3n) is 3.43. The zero-order valence-electron chi connectivity index (χ0n) is 12.8. The lowest BCUT2D eigenvalue weighted by molar-refractivity contribution is -0.115. The highest BCUT2D eigenvalue weighted by Crippen LogP contribution is 2.30. The van der Waals surface area contributed by atoms with E-state index in [4.69, 9.17) is 11.6 Å². The second-order valence-corrected chi connectivity index (χ2v) is 6.73. The minimum absolute atomic E-state index is 0.154. The molecule has 23 heavy (non-hydrogen) atoms. The van der Waals surface area contributed by atoms with E-state index in [1.54, 1.807) is 12.1 Å². The van der Waals surface area contributed by atoms with E-state index < -0.39 is 0 Å². The van der Waals surface area contributed by atoms with Gasteiger partial charge in [0.25, 0.3) is 5.91 Å². The van der Waals surface area contributed by atoms with E-state index in [1.165, 1.54) is 11.8 Å².